The van der Waals surface area contributed by atoms with Gasteiger partial charge in [0.15, 0.2) is 11.5 Å². The molecule has 0 bridgehead atoms. The molecule has 0 aromatic heterocycles. The maximum Gasteiger partial charge on any atom is 0.416 e. The van der Waals surface area contributed by atoms with Crippen LogP contribution in [0.4, 0.5) is 30.2 Å². The highest BCUT2D eigenvalue weighted by Gasteiger charge is 2.33. The first-order valence-electron chi connectivity index (χ1n) is 9.78. The van der Waals surface area contributed by atoms with Crippen LogP contribution in [0.5, 0.6) is 17.2 Å². The predicted octanol–water partition coefficient (Wildman–Crippen LogP) is 7.23. The van der Waals surface area contributed by atoms with E-state index in [2.05, 4.69) is 20.9 Å². The van der Waals surface area contributed by atoms with Crippen LogP contribution in [0.1, 0.15) is 18.1 Å². The Morgan fingerprint density at radius 2 is 1.69 bits per heavy atom. The first kappa shape index (κ1) is 25.6. The van der Waals surface area contributed by atoms with Crippen molar-refractivity contribution < 1.29 is 32.5 Å². The SMILES string of the molecule is CCOc1cc(C=Nc2ccc([N+](=O)[O-])cc2)cc(Br)c1Oc1ccc(C(F)(F)F)cc1[N+](=O)[O-]. The van der Waals surface area contributed by atoms with Crippen LogP contribution in [-0.4, -0.2) is 22.7 Å². The highest BCUT2D eigenvalue weighted by molar-refractivity contribution is 9.10. The Morgan fingerprint density at radius 3 is 2.26 bits per heavy atom. The summed E-state index contributed by atoms with van der Waals surface area (Å²) in [6.07, 6.45) is -3.30. The van der Waals surface area contributed by atoms with Crippen LogP contribution in [0.15, 0.2) is 64.1 Å². The quantitative estimate of drug-likeness (QED) is 0.165. The van der Waals surface area contributed by atoms with E-state index in [-0.39, 0.29) is 23.8 Å². The summed E-state index contributed by atoms with van der Waals surface area (Å²) in [5.41, 5.74) is -1.15. The Bertz CT molecular complexity index is 1300. The van der Waals surface area contributed by atoms with Gasteiger partial charge in [0.1, 0.15) is 0 Å². The van der Waals surface area contributed by atoms with Crippen LogP contribution in [0.25, 0.3) is 0 Å². The highest BCUT2D eigenvalue weighted by atomic mass is 79.9. The van der Waals surface area contributed by atoms with Gasteiger partial charge in [-0.15, -0.1) is 0 Å². The number of ether oxygens (including phenoxy) is 2. The number of rotatable bonds is 8. The fourth-order valence-electron chi connectivity index (χ4n) is 2.87. The molecule has 0 aliphatic heterocycles. The van der Waals surface area contributed by atoms with Gasteiger partial charge in [0, 0.05) is 24.4 Å². The van der Waals surface area contributed by atoms with Gasteiger partial charge in [-0.25, -0.2) is 0 Å². The van der Waals surface area contributed by atoms with Crippen molar-refractivity contribution in [3.8, 4) is 17.2 Å². The van der Waals surface area contributed by atoms with E-state index in [1.165, 1.54) is 36.5 Å². The Labute approximate surface area is 204 Å². The Hall–Kier alpha value is -4.00. The third-order valence-electron chi connectivity index (χ3n) is 4.45. The molecule has 0 radical (unpaired) electrons. The summed E-state index contributed by atoms with van der Waals surface area (Å²) in [5.74, 6) is -0.236. The molecule has 0 unspecified atom stereocenters. The number of nitrogens with zero attached hydrogens (tertiary/aromatic N) is 3. The first-order chi connectivity index (χ1) is 16.5. The van der Waals surface area contributed by atoms with Crippen LogP contribution >= 0.6 is 15.9 Å². The van der Waals surface area contributed by atoms with E-state index in [1.54, 1.807) is 13.0 Å². The van der Waals surface area contributed by atoms with E-state index >= 15 is 0 Å². The van der Waals surface area contributed by atoms with Gasteiger partial charge < -0.3 is 9.47 Å². The van der Waals surface area contributed by atoms with E-state index < -0.39 is 33.0 Å². The zero-order valence-electron chi connectivity index (χ0n) is 17.8. The topological polar surface area (TPSA) is 117 Å². The molecular weight excluding hydrogens is 539 g/mol. The Balaban J connectivity index is 1.95. The van der Waals surface area contributed by atoms with Gasteiger partial charge in [0.25, 0.3) is 5.69 Å². The van der Waals surface area contributed by atoms with Crippen molar-refractivity contribution in [2.45, 2.75) is 13.1 Å². The molecule has 0 N–H and O–H groups in total. The molecule has 0 aliphatic rings. The third-order valence-corrected chi connectivity index (χ3v) is 5.04. The van der Waals surface area contributed by atoms with Crippen molar-refractivity contribution in [3.05, 3.63) is 90.4 Å². The monoisotopic (exact) mass is 553 g/mol. The molecule has 0 saturated carbocycles. The van der Waals surface area contributed by atoms with Gasteiger partial charge in [-0.1, -0.05) is 0 Å². The van der Waals surface area contributed by atoms with Gasteiger partial charge in [-0.2, -0.15) is 13.2 Å². The van der Waals surface area contributed by atoms with Gasteiger partial charge >= 0.3 is 11.9 Å². The van der Waals surface area contributed by atoms with E-state index in [0.717, 1.165) is 6.07 Å². The lowest BCUT2D eigenvalue weighted by Crippen LogP contribution is -2.06. The molecular formula is C22H15BrF3N3O6. The number of halogens is 4. The molecule has 3 aromatic carbocycles. The molecule has 9 nitrogen and oxygen atoms in total. The van der Waals surface area contributed by atoms with E-state index in [9.17, 15) is 33.4 Å². The third kappa shape index (κ3) is 6.32. The zero-order valence-corrected chi connectivity index (χ0v) is 19.4. The zero-order chi connectivity index (χ0) is 25.8. The summed E-state index contributed by atoms with van der Waals surface area (Å²) in [4.78, 5) is 24.9. The van der Waals surface area contributed by atoms with E-state index in [4.69, 9.17) is 9.47 Å². The van der Waals surface area contributed by atoms with Crippen LogP contribution in [0.2, 0.25) is 0 Å². The van der Waals surface area contributed by atoms with Crippen molar-refractivity contribution in [3.63, 3.8) is 0 Å². The number of aliphatic imine (C=N–C) groups is 1. The summed E-state index contributed by atoms with van der Waals surface area (Å²) < 4.78 is 50.4. The minimum absolute atomic E-state index is 0.0159. The van der Waals surface area contributed by atoms with Crippen LogP contribution in [0, 0.1) is 20.2 Å². The number of alkyl halides is 3. The molecule has 13 heteroatoms. The molecule has 3 rings (SSSR count). The predicted molar refractivity (Wildman–Crippen MR) is 124 cm³/mol. The average Bonchev–Trinajstić information content (AvgIpc) is 2.79. The van der Waals surface area contributed by atoms with Crippen molar-refractivity contribution in [2.24, 2.45) is 4.99 Å². The number of benzene rings is 3. The van der Waals surface area contributed by atoms with Crippen molar-refractivity contribution in [1.82, 2.24) is 0 Å². The lowest BCUT2D eigenvalue weighted by atomic mass is 10.1. The smallest absolute Gasteiger partial charge is 0.416 e. The maximum absolute atomic E-state index is 13.0. The molecule has 0 aliphatic carbocycles. The average molecular weight is 554 g/mol. The largest absolute Gasteiger partial charge is 0.490 e. The highest BCUT2D eigenvalue weighted by Crippen LogP contribution is 2.43. The second-order valence-electron chi connectivity index (χ2n) is 6.83. The number of nitro groups is 2. The van der Waals surface area contributed by atoms with Crippen molar-refractivity contribution in [1.29, 1.82) is 0 Å². The van der Waals surface area contributed by atoms with Crippen LogP contribution in [0.3, 0.4) is 0 Å². The van der Waals surface area contributed by atoms with Crippen molar-refractivity contribution >= 4 is 39.2 Å². The standard InChI is InChI=1S/C22H15BrF3N3O6/c1-2-34-20-10-13(12-27-15-4-6-16(7-5-15)28(30)31)9-17(23)21(20)35-19-8-3-14(22(24,25)26)11-18(19)29(32)33/h3-12H,2H2,1H3. The molecule has 0 amide bonds. The van der Waals surface area contributed by atoms with E-state index in [0.29, 0.717) is 27.9 Å². The lowest BCUT2D eigenvalue weighted by molar-refractivity contribution is -0.385. The maximum atomic E-state index is 13.0. The summed E-state index contributed by atoms with van der Waals surface area (Å²) in [6, 6.07) is 10.6. The Morgan fingerprint density at radius 1 is 1.00 bits per heavy atom. The second kappa shape index (κ2) is 10.5. The van der Waals surface area contributed by atoms with Gasteiger partial charge in [0.05, 0.1) is 32.2 Å². The molecule has 0 fully saturated rings. The summed E-state index contributed by atoms with van der Waals surface area (Å²) in [5, 5.41) is 22.1. The van der Waals surface area contributed by atoms with Gasteiger partial charge in [-0.3, -0.25) is 25.2 Å². The fourth-order valence-corrected chi connectivity index (χ4v) is 3.41. The number of non-ortho nitro benzene ring substituents is 1. The normalized spacial score (nSPS) is 11.5. The van der Waals surface area contributed by atoms with E-state index in [1.807, 2.05) is 0 Å². The summed E-state index contributed by atoms with van der Waals surface area (Å²) >= 11 is 3.29. The second-order valence-corrected chi connectivity index (χ2v) is 7.69. The molecule has 3 aromatic rings. The minimum atomic E-state index is -4.76. The number of hydrogen-bond donors (Lipinski definition) is 0. The summed E-state index contributed by atoms with van der Waals surface area (Å²) in [7, 11) is 0. The van der Waals surface area contributed by atoms with Gasteiger partial charge in [0.2, 0.25) is 5.75 Å². The van der Waals surface area contributed by atoms with Gasteiger partial charge in [-0.05, 0) is 64.8 Å². The lowest BCUT2D eigenvalue weighted by Gasteiger charge is -2.15. The molecule has 0 saturated heterocycles. The molecule has 0 heterocycles. The van der Waals surface area contributed by atoms with Crippen molar-refractivity contribution in [2.75, 3.05) is 6.61 Å². The van der Waals surface area contributed by atoms with Crippen LogP contribution in [-0.2, 0) is 6.18 Å². The molecule has 0 spiro atoms. The molecule has 182 valence electrons. The first-order valence-corrected chi connectivity index (χ1v) is 10.6. The molecule has 0 atom stereocenters. The summed E-state index contributed by atoms with van der Waals surface area (Å²) in [6.45, 7) is 1.89. The fraction of sp³-hybridized carbons (Fsp3) is 0.136. The minimum Gasteiger partial charge on any atom is -0.490 e. The number of hydrogen-bond acceptors (Lipinski definition) is 7. The Kier molecular flexibility index (Phi) is 7.69. The van der Waals surface area contributed by atoms with Crippen LogP contribution < -0.4 is 9.47 Å². The molecule has 35 heavy (non-hydrogen) atoms. The number of nitro benzene ring substituents is 2.